The monoisotopic (exact) mass is 518 g/mol. The van der Waals surface area contributed by atoms with Crippen LogP contribution in [0.2, 0.25) is 0 Å². The number of rotatable bonds is 4. The summed E-state index contributed by atoms with van der Waals surface area (Å²) in [6.07, 6.45) is -13.2. The second-order valence-corrected chi connectivity index (χ2v) is 7.48. The van der Waals surface area contributed by atoms with Crippen LogP contribution in [-0.2, 0) is 31.6 Å². The first-order chi connectivity index (χ1) is 14.0. The van der Waals surface area contributed by atoms with Gasteiger partial charge < -0.3 is 4.90 Å². The van der Waals surface area contributed by atoms with Crippen LogP contribution in [0, 0.1) is 18.4 Å². The molecule has 0 N–H and O–H groups in total. The van der Waals surface area contributed by atoms with Gasteiger partial charge in [0.2, 0.25) is 0 Å². The molecule has 0 spiro atoms. The van der Waals surface area contributed by atoms with Crippen molar-refractivity contribution in [2.45, 2.75) is 38.5 Å². The van der Waals surface area contributed by atoms with Crippen LogP contribution in [0.25, 0.3) is 0 Å². The number of nitrogens with zero attached hydrogens (tertiary/aromatic N) is 2. The maximum absolute atomic E-state index is 13.1. The minimum absolute atomic E-state index is 0.0116. The van der Waals surface area contributed by atoms with Gasteiger partial charge in [0, 0.05) is 4.47 Å². The third-order valence-electron chi connectivity index (χ3n) is 4.22. The molecular weight excluding hydrogens is 507 g/mol. The van der Waals surface area contributed by atoms with Gasteiger partial charge in [-0.05, 0) is 53.9 Å². The van der Waals surface area contributed by atoms with Gasteiger partial charge in [-0.25, -0.2) is 0 Å². The standard InChI is InChI=1S/C19H12BrF9N2/c1-10-2-16(20)12(5-15(10)19(27,28)29)8-31(9-30)7-11-3-13(17(21,22)23)6-14(4-11)18(24,25)26/h2-6H,7-8H2,1H3. The second kappa shape index (κ2) is 8.61. The topological polar surface area (TPSA) is 27.0 Å². The molecule has 31 heavy (non-hydrogen) atoms. The van der Waals surface area contributed by atoms with Crippen molar-refractivity contribution in [1.82, 2.24) is 4.90 Å². The largest absolute Gasteiger partial charge is 0.416 e. The number of alkyl halides is 9. The fourth-order valence-corrected chi connectivity index (χ4v) is 3.39. The summed E-state index contributed by atoms with van der Waals surface area (Å²) in [4.78, 5) is 0.755. The zero-order chi connectivity index (χ0) is 23.8. The van der Waals surface area contributed by atoms with Crippen molar-refractivity contribution in [2.75, 3.05) is 0 Å². The number of halogens is 10. The summed E-state index contributed by atoms with van der Waals surface area (Å²) in [5.74, 6) is 0. The van der Waals surface area contributed by atoms with E-state index in [4.69, 9.17) is 0 Å². The summed E-state index contributed by atoms with van der Waals surface area (Å²) in [6.45, 7) is 0.0733. The summed E-state index contributed by atoms with van der Waals surface area (Å²) in [5.41, 5.74) is -4.65. The maximum Gasteiger partial charge on any atom is 0.416 e. The van der Waals surface area contributed by atoms with Gasteiger partial charge in [0.25, 0.3) is 0 Å². The van der Waals surface area contributed by atoms with E-state index >= 15 is 0 Å². The second-order valence-electron chi connectivity index (χ2n) is 6.63. The van der Waals surface area contributed by atoms with E-state index in [0.717, 1.165) is 11.0 Å². The third kappa shape index (κ3) is 6.29. The highest BCUT2D eigenvalue weighted by Crippen LogP contribution is 2.37. The van der Waals surface area contributed by atoms with Crippen molar-refractivity contribution in [2.24, 2.45) is 0 Å². The molecule has 0 aliphatic carbocycles. The Morgan fingerprint density at radius 1 is 0.806 bits per heavy atom. The Morgan fingerprint density at radius 3 is 1.74 bits per heavy atom. The summed E-state index contributed by atoms with van der Waals surface area (Å²) < 4.78 is 118. The number of hydrogen-bond donors (Lipinski definition) is 0. The molecule has 2 nitrogen and oxygen atoms in total. The number of hydrogen-bond acceptors (Lipinski definition) is 2. The van der Waals surface area contributed by atoms with Gasteiger partial charge in [-0.3, -0.25) is 0 Å². The van der Waals surface area contributed by atoms with Crippen LogP contribution in [0.15, 0.2) is 34.8 Å². The predicted molar refractivity (Wildman–Crippen MR) is 95.2 cm³/mol. The quantitative estimate of drug-likeness (QED) is 0.241. The normalized spacial score (nSPS) is 12.6. The van der Waals surface area contributed by atoms with Crippen molar-refractivity contribution >= 4 is 15.9 Å². The molecule has 0 fully saturated rings. The molecule has 0 unspecified atom stereocenters. The molecule has 0 aromatic heterocycles. The van der Waals surface area contributed by atoms with E-state index < -0.39 is 53.9 Å². The Hall–Kier alpha value is -2.42. The van der Waals surface area contributed by atoms with E-state index in [9.17, 15) is 44.8 Å². The summed E-state index contributed by atoms with van der Waals surface area (Å²) in [7, 11) is 0. The molecule has 0 radical (unpaired) electrons. The van der Waals surface area contributed by atoms with Crippen LogP contribution in [0.3, 0.4) is 0 Å². The fourth-order valence-electron chi connectivity index (χ4n) is 2.81. The van der Waals surface area contributed by atoms with Crippen molar-refractivity contribution in [3.8, 4) is 6.19 Å². The molecule has 0 heterocycles. The lowest BCUT2D eigenvalue weighted by Gasteiger charge is -2.20. The molecule has 0 atom stereocenters. The van der Waals surface area contributed by atoms with Crippen LogP contribution in [-0.4, -0.2) is 4.90 Å². The lowest BCUT2D eigenvalue weighted by atomic mass is 10.0. The van der Waals surface area contributed by atoms with Gasteiger partial charge in [0.15, 0.2) is 6.19 Å². The van der Waals surface area contributed by atoms with Gasteiger partial charge in [-0.2, -0.15) is 44.8 Å². The predicted octanol–water partition coefficient (Wildman–Crippen LogP) is 7.30. The smallest absolute Gasteiger partial charge is 0.302 e. The Labute approximate surface area is 179 Å². The zero-order valence-corrected chi connectivity index (χ0v) is 17.1. The van der Waals surface area contributed by atoms with E-state index in [0.29, 0.717) is 12.1 Å². The lowest BCUT2D eigenvalue weighted by Crippen LogP contribution is -2.19. The van der Waals surface area contributed by atoms with Crippen molar-refractivity contribution in [3.05, 3.63) is 68.2 Å². The number of aryl methyl sites for hydroxylation is 1. The minimum Gasteiger partial charge on any atom is -0.302 e. The molecule has 0 amide bonds. The van der Waals surface area contributed by atoms with E-state index in [2.05, 4.69) is 15.9 Å². The molecule has 168 valence electrons. The van der Waals surface area contributed by atoms with Gasteiger partial charge >= 0.3 is 18.5 Å². The molecule has 0 saturated heterocycles. The fraction of sp³-hybridized carbons (Fsp3) is 0.316. The summed E-state index contributed by atoms with van der Waals surface area (Å²) in [6, 6.07) is 2.82. The van der Waals surface area contributed by atoms with Crippen molar-refractivity contribution in [1.29, 1.82) is 5.26 Å². The lowest BCUT2D eigenvalue weighted by molar-refractivity contribution is -0.143. The van der Waals surface area contributed by atoms with Gasteiger partial charge in [-0.15, -0.1) is 0 Å². The first-order valence-electron chi connectivity index (χ1n) is 8.31. The molecule has 0 aliphatic rings. The average Bonchev–Trinajstić information content (AvgIpc) is 2.60. The van der Waals surface area contributed by atoms with Gasteiger partial charge in [-0.1, -0.05) is 15.9 Å². The Morgan fingerprint density at radius 2 is 1.32 bits per heavy atom. The van der Waals surface area contributed by atoms with Crippen molar-refractivity contribution in [3.63, 3.8) is 0 Å². The van der Waals surface area contributed by atoms with Crippen LogP contribution in [0.4, 0.5) is 39.5 Å². The Bertz CT molecular complexity index is 969. The molecule has 0 saturated carbocycles. The van der Waals surface area contributed by atoms with Gasteiger partial charge in [0.1, 0.15) is 0 Å². The molecule has 0 aliphatic heterocycles. The number of nitriles is 1. The molecule has 2 rings (SSSR count). The van der Waals surface area contributed by atoms with Crippen LogP contribution < -0.4 is 0 Å². The highest BCUT2D eigenvalue weighted by Gasteiger charge is 2.37. The van der Waals surface area contributed by atoms with E-state index in [1.807, 2.05) is 0 Å². The van der Waals surface area contributed by atoms with E-state index in [-0.39, 0.29) is 21.7 Å². The van der Waals surface area contributed by atoms with Crippen LogP contribution in [0.5, 0.6) is 0 Å². The Kier molecular flexibility index (Phi) is 6.90. The maximum atomic E-state index is 13.1. The molecule has 2 aromatic carbocycles. The average molecular weight is 519 g/mol. The van der Waals surface area contributed by atoms with Gasteiger partial charge in [0.05, 0.1) is 29.8 Å². The summed E-state index contributed by atoms with van der Waals surface area (Å²) >= 11 is 3.07. The number of benzene rings is 2. The zero-order valence-electron chi connectivity index (χ0n) is 15.5. The first-order valence-corrected chi connectivity index (χ1v) is 9.11. The molecule has 12 heteroatoms. The third-order valence-corrected chi connectivity index (χ3v) is 4.96. The Balaban J connectivity index is 2.41. The first kappa shape index (κ1) is 24.8. The van der Waals surface area contributed by atoms with Crippen LogP contribution >= 0.6 is 15.9 Å². The molecule has 0 bridgehead atoms. The van der Waals surface area contributed by atoms with E-state index in [1.165, 1.54) is 13.0 Å². The summed E-state index contributed by atoms with van der Waals surface area (Å²) in [5, 5.41) is 9.28. The van der Waals surface area contributed by atoms with Crippen LogP contribution in [0.1, 0.15) is 33.4 Å². The minimum atomic E-state index is -5.06. The van der Waals surface area contributed by atoms with E-state index in [1.54, 1.807) is 6.19 Å². The van der Waals surface area contributed by atoms with Crippen molar-refractivity contribution < 1.29 is 39.5 Å². The highest BCUT2D eigenvalue weighted by molar-refractivity contribution is 9.10. The SMILES string of the molecule is Cc1cc(Br)c(CN(C#N)Cc2cc(C(F)(F)F)cc(C(F)(F)F)c2)cc1C(F)(F)F. The highest BCUT2D eigenvalue weighted by atomic mass is 79.9. The molecule has 2 aromatic rings. The molecular formula is C19H12BrF9N2.